The SMILES string of the molecule is CC1(C)C(=O)N(c2ccc(C#N)c(C(F)(F)F)c2)CSCN1c1ccc2c(c1)OCC(CCO)O2. The molecule has 1 unspecified atom stereocenters. The zero-order valence-corrected chi connectivity index (χ0v) is 19.9. The number of amides is 1. The number of aliphatic hydroxyl groups excluding tert-OH is 1. The van der Waals surface area contributed by atoms with Gasteiger partial charge in [-0.25, -0.2) is 0 Å². The molecule has 1 saturated heterocycles. The lowest BCUT2D eigenvalue weighted by molar-refractivity contribution is -0.137. The van der Waals surface area contributed by atoms with E-state index in [-0.39, 0.29) is 30.2 Å². The van der Waals surface area contributed by atoms with Crippen molar-refractivity contribution in [2.75, 3.05) is 34.8 Å². The molecule has 0 aromatic heterocycles. The number of anilines is 2. The number of hydrogen-bond acceptors (Lipinski definition) is 7. The van der Waals surface area contributed by atoms with Crippen molar-refractivity contribution in [3.8, 4) is 17.6 Å². The number of ether oxygens (including phenoxy) is 2. The Hall–Kier alpha value is -3.10. The van der Waals surface area contributed by atoms with Crippen molar-refractivity contribution < 1.29 is 32.5 Å². The third-order valence-corrected chi connectivity index (χ3v) is 6.91. The third-order valence-electron chi connectivity index (χ3n) is 6.03. The molecule has 2 aromatic rings. The van der Waals surface area contributed by atoms with Gasteiger partial charge in [-0.05, 0) is 44.2 Å². The summed E-state index contributed by atoms with van der Waals surface area (Å²) >= 11 is 1.38. The van der Waals surface area contributed by atoms with Gasteiger partial charge in [-0.3, -0.25) is 4.79 Å². The molecule has 0 spiro atoms. The number of alkyl halides is 3. The van der Waals surface area contributed by atoms with E-state index in [9.17, 15) is 18.0 Å². The van der Waals surface area contributed by atoms with Gasteiger partial charge in [0.1, 0.15) is 18.2 Å². The number of hydrogen-bond donors (Lipinski definition) is 1. The quantitative estimate of drug-likeness (QED) is 0.657. The molecule has 1 amide bonds. The molecule has 1 atom stereocenters. The maximum Gasteiger partial charge on any atom is 0.417 e. The second-order valence-electron chi connectivity index (χ2n) is 8.72. The molecule has 2 aliphatic heterocycles. The van der Waals surface area contributed by atoms with Gasteiger partial charge in [-0.1, -0.05) is 0 Å². The van der Waals surface area contributed by atoms with E-state index < -0.39 is 22.8 Å². The van der Waals surface area contributed by atoms with Crippen LogP contribution in [0.5, 0.6) is 11.5 Å². The van der Waals surface area contributed by atoms with Crippen LogP contribution in [0.2, 0.25) is 0 Å². The number of carbonyl (C=O) groups is 1. The number of nitrogens with zero attached hydrogens (tertiary/aromatic N) is 3. The molecule has 1 N–H and O–H groups in total. The second kappa shape index (κ2) is 9.51. The van der Waals surface area contributed by atoms with Crippen molar-refractivity contribution in [2.45, 2.75) is 38.1 Å². The zero-order chi connectivity index (χ0) is 25.4. The van der Waals surface area contributed by atoms with Gasteiger partial charge in [-0.15, -0.1) is 11.8 Å². The Morgan fingerprint density at radius 3 is 2.60 bits per heavy atom. The summed E-state index contributed by atoms with van der Waals surface area (Å²) in [5.74, 6) is 1.25. The van der Waals surface area contributed by atoms with E-state index in [1.165, 1.54) is 22.7 Å². The first-order chi connectivity index (χ1) is 16.6. The Balaban J connectivity index is 1.63. The van der Waals surface area contributed by atoms with Crippen LogP contribution >= 0.6 is 11.8 Å². The lowest BCUT2D eigenvalue weighted by Crippen LogP contribution is -2.54. The van der Waals surface area contributed by atoms with Crippen LogP contribution in [0.3, 0.4) is 0 Å². The molecule has 186 valence electrons. The number of benzene rings is 2. The van der Waals surface area contributed by atoms with Gasteiger partial charge in [-0.2, -0.15) is 18.4 Å². The predicted octanol–water partition coefficient (Wildman–Crippen LogP) is 4.38. The number of rotatable bonds is 4. The first kappa shape index (κ1) is 25.0. The number of carbonyl (C=O) groups excluding carboxylic acids is 1. The van der Waals surface area contributed by atoms with Gasteiger partial charge in [0.2, 0.25) is 0 Å². The fourth-order valence-corrected chi connectivity index (χ4v) is 5.25. The minimum atomic E-state index is -4.72. The van der Waals surface area contributed by atoms with E-state index in [0.29, 0.717) is 36.1 Å². The number of halogens is 3. The molecule has 2 aromatic carbocycles. The molecule has 2 aliphatic rings. The van der Waals surface area contributed by atoms with Gasteiger partial charge in [0, 0.05) is 30.5 Å². The van der Waals surface area contributed by atoms with Crippen molar-refractivity contribution in [1.82, 2.24) is 0 Å². The van der Waals surface area contributed by atoms with Gasteiger partial charge < -0.3 is 24.4 Å². The molecule has 1 fully saturated rings. The average Bonchev–Trinajstić information content (AvgIpc) is 2.93. The lowest BCUT2D eigenvalue weighted by Gasteiger charge is -2.39. The van der Waals surface area contributed by atoms with E-state index in [2.05, 4.69) is 0 Å². The van der Waals surface area contributed by atoms with Crippen molar-refractivity contribution in [3.63, 3.8) is 0 Å². The summed E-state index contributed by atoms with van der Waals surface area (Å²) in [7, 11) is 0. The maximum absolute atomic E-state index is 13.6. The molecule has 7 nitrogen and oxygen atoms in total. The normalized spacial score (nSPS) is 19.8. The van der Waals surface area contributed by atoms with Crippen LogP contribution in [0.15, 0.2) is 36.4 Å². The van der Waals surface area contributed by atoms with Crippen LogP contribution in [0.1, 0.15) is 31.4 Å². The fraction of sp³-hybridized carbons (Fsp3) is 0.417. The Morgan fingerprint density at radius 1 is 1.17 bits per heavy atom. The van der Waals surface area contributed by atoms with E-state index >= 15 is 0 Å². The summed E-state index contributed by atoms with van der Waals surface area (Å²) in [5, 5.41) is 18.2. The third kappa shape index (κ3) is 4.86. The molecule has 35 heavy (non-hydrogen) atoms. The largest absolute Gasteiger partial charge is 0.486 e. The highest BCUT2D eigenvalue weighted by Gasteiger charge is 2.42. The van der Waals surface area contributed by atoms with Gasteiger partial charge in [0.05, 0.1) is 28.9 Å². The van der Waals surface area contributed by atoms with E-state index in [1.54, 1.807) is 38.1 Å². The monoisotopic (exact) mass is 507 g/mol. The van der Waals surface area contributed by atoms with Gasteiger partial charge in [0.15, 0.2) is 11.5 Å². The van der Waals surface area contributed by atoms with E-state index in [1.807, 2.05) is 4.90 Å². The summed E-state index contributed by atoms with van der Waals surface area (Å²) in [6.07, 6.45) is -4.51. The second-order valence-corrected chi connectivity index (χ2v) is 9.64. The Labute approximate surface area is 205 Å². The number of nitriles is 1. The van der Waals surface area contributed by atoms with Crippen LogP contribution in [0.4, 0.5) is 24.5 Å². The minimum Gasteiger partial charge on any atom is -0.486 e. The van der Waals surface area contributed by atoms with Crippen molar-refractivity contribution in [1.29, 1.82) is 5.26 Å². The summed E-state index contributed by atoms with van der Waals surface area (Å²) in [6.45, 7) is 3.72. The van der Waals surface area contributed by atoms with Crippen LogP contribution in [0.25, 0.3) is 0 Å². The molecular weight excluding hydrogens is 483 g/mol. The molecule has 0 radical (unpaired) electrons. The highest BCUT2D eigenvalue weighted by Crippen LogP contribution is 2.41. The summed E-state index contributed by atoms with van der Waals surface area (Å²) in [4.78, 5) is 16.8. The average molecular weight is 508 g/mol. The van der Waals surface area contributed by atoms with Crippen LogP contribution in [0, 0.1) is 11.3 Å². The van der Waals surface area contributed by atoms with Crippen LogP contribution in [-0.2, 0) is 11.0 Å². The van der Waals surface area contributed by atoms with Crippen molar-refractivity contribution >= 4 is 29.0 Å². The lowest BCUT2D eigenvalue weighted by atomic mass is 9.99. The Morgan fingerprint density at radius 2 is 1.91 bits per heavy atom. The van der Waals surface area contributed by atoms with Gasteiger partial charge >= 0.3 is 6.18 Å². The van der Waals surface area contributed by atoms with Crippen LogP contribution in [-0.4, -0.2) is 47.6 Å². The van der Waals surface area contributed by atoms with Crippen molar-refractivity contribution in [3.05, 3.63) is 47.5 Å². The molecule has 0 saturated carbocycles. The molecule has 11 heteroatoms. The van der Waals surface area contributed by atoms with E-state index in [4.69, 9.17) is 19.8 Å². The maximum atomic E-state index is 13.6. The highest BCUT2D eigenvalue weighted by atomic mass is 32.2. The highest BCUT2D eigenvalue weighted by molar-refractivity contribution is 7.99. The van der Waals surface area contributed by atoms with Gasteiger partial charge in [0.25, 0.3) is 5.91 Å². The first-order valence-corrected chi connectivity index (χ1v) is 12.0. The van der Waals surface area contributed by atoms with Crippen LogP contribution < -0.4 is 19.3 Å². The molecule has 0 bridgehead atoms. The molecule has 0 aliphatic carbocycles. The first-order valence-electron chi connectivity index (χ1n) is 10.9. The summed E-state index contributed by atoms with van der Waals surface area (Å²) in [5.41, 5.74) is -1.87. The van der Waals surface area contributed by atoms with Crippen molar-refractivity contribution in [2.24, 2.45) is 0 Å². The zero-order valence-electron chi connectivity index (χ0n) is 19.1. The number of aliphatic hydroxyl groups is 1. The molecule has 2 heterocycles. The number of fused-ring (bicyclic) bond motifs is 1. The summed E-state index contributed by atoms with van der Waals surface area (Å²) < 4.78 is 52.1. The molecule has 4 rings (SSSR count). The standard InChI is InChI=1S/C24H24F3N3O4S/c1-23(2)22(32)29(16-4-3-15(11-28)19(9-16)24(25,26)27)13-35-14-30(23)17-5-6-20-21(10-17)33-12-18(34-20)7-8-31/h3-6,9-10,18,31H,7-8,12-14H2,1-2H3. The summed E-state index contributed by atoms with van der Waals surface area (Å²) in [6, 6.07) is 10.2. The predicted molar refractivity (Wildman–Crippen MR) is 126 cm³/mol. The topological polar surface area (TPSA) is 86.0 Å². The minimum absolute atomic E-state index is 0.0110. The molecular formula is C24H24F3N3O4S. The smallest absolute Gasteiger partial charge is 0.417 e. The Kier molecular flexibility index (Phi) is 6.79. The van der Waals surface area contributed by atoms with E-state index in [0.717, 1.165) is 12.1 Å². The fourth-order valence-electron chi connectivity index (χ4n) is 4.07. The number of thioether (sulfide) groups is 1. The Bertz CT molecular complexity index is 1170.